The first-order valence-corrected chi connectivity index (χ1v) is 15.2. The van der Waals surface area contributed by atoms with Crippen molar-refractivity contribution in [2.45, 2.75) is 23.0 Å². The lowest BCUT2D eigenvalue weighted by Crippen LogP contribution is -2.38. The summed E-state index contributed by atoms with van der Waals surface area (Å²) in [7, 11) is 0. The van der Waals surface area contributed by atoms with Gasteiger partial charge in [-0.15, -0.1) is 0 Å². The third-order valence-corrected chi connectivity index (χ3v) is 9.89. The fourth-order valence-electron chi connectivity index (χ4n) is 8.35. The first kappa shape index (κ1) is 24.6. The topological polar surface area (TPSA) is 9.23 Å². The van der Waals surface area contributed by atoms with Gasteiger partial charge in [0.05, 0.1) is 0 Å². The van der Waals surface area contributed by atoms with Crippen molar-refractivity contribution < 1.29 is 4.74 Å². The lowest BCUT2D eigenvalue weighted by atomic mass is 9.54. The van der Waals surface area contributed by atoms with Crippen LogP contribution in [0.25, 0.3) is 0 Å². The van der Waals surface area contributed by atoms with Gasteiger partial charge in [0.25, 0.3) is 0 Å². The molecule has 1 nitrogen and oxygen atoms in total. The van der Waals surface area contributed by atoms with Gasteiger partial charge < -0.3 is 4.74 Å². The minimum absolute atomic E-state index is 0.0575. The Bertz CT molecular complexity index is 1720. The molecule has 0 unspecified atom stereocenters. The van der Waals surface area contributed by atoms with Gasteiger partial charge >= 0.3 is 0 Å². The van der Waals surface area contributed by atoms with Crippen LogP contribution in [0.15, 0.2) is 181 Å². The molecule has 0 spiro atoms. The molecule has 0 saturated heterocycles. The average Bonchev–Trinajstić information content (AvgIpc) is 3.44. The van der Waals surface area contributed by atoms with Crippen molar-refractivity contribution in [3.05, 3.63) is 226 Å². The van der Waals surface area contributed by atoms with Crippen LogP contribution in [0.2, 0.25) is 0 Å². The molecule has 0 amide bonds. The number of hydrogen-bond acceptors (Lipinski definition) is 1. The van der Waals surface area contributed by atoms with E-state index in [1.807, 2.05) is 0 Å². The summed E-state index contributed by atoms with van der Waals surface area (Å²) in [5.74, 6) is 0.115. The highest BCUT2D eigenvalue weighted by Crippen LogP contribution is 2.71. The average molecular weight is 551 g/mol. The highest BCUT2D eigenvalue weighted by Gasteiger charge is 2.65. The Balaban J connectivity index is 1.51. The maximum absolute atomic E-state index is 8.10. The second-order valence-corrected chi connectivity index (χ2v) is 11.9. The molecule has 204 valence electrons. The summed E-state index contributed by atoms with van der Waals surface area (Å²) in [5, 5.41) is 0. The third-order valence-electron chi connectivity index (χ3n) is 9.89. The van der Waals surface area contributed by atoms with Gasteiger partial charge in [0.1, 0.15) is 11.2 Å². The second kappa shape index (κ2) is 9.26. The van der Waals surface area contributed by atoms with Crippen LogP contribution in [0.5, 0.6) is 0 Å². The third kappa shape index (κ3) is 3.21. The largest absolute Gasteiger partial charge is 0.341 e. The van der Waals surface area contributed by atoms with Gasteiger partial charge in [-0.05, 0) is 55.7 Å². The number of rotatable bonds is 4. The Hall–Kier alpha value is -4.98. The summed E-state index contributed by atoms with van der Waals surface area (Å²) in [6.07, 6.45) is 0. The van der Waals surface area contributed by atoms with Crippen molar-refractivity contribution in [3.63, 3.8) is 0 Å². The quantitative estimate of drug-likeness (QED) is 0.199. The Labute approximate surface area is 252 Å². The summed E-state index contributed by atoms with van der Waals surface area (Å²) in [6.45, 7) is 0. The molecule has 0 fully saturated rings. The van der Waals surface area contributed by atoms with Crippen molar-refractivity contribution in [1.82, 2.24) is 0 Å². The van der Waals surface area contributed by atoms with E-state index in [1.54, 1.807) is 0 Å². The van der Waals surface area contributed by atoms with E-state index in [0.29, 0.717) is 0 Å². The number of ether oxygens (including phenoxy) is 1. The first-order chi connectivity index (χ1) is 21.3. The van der Waals surface area contributed by atoms with Crippen LogP contribution in [0.1, 0.15) is 56.3 Å². The summed E-state index contributed by atoms with van der Waals surface area (Å²) < 4.78 is 8.10. The van der Waals surface area contributed by atoms with E-state index in [9.17, 15) is 0 Å². The fraction of sp³-hybridized carbons (Fsp3) is 0.0952. The molecule has 2 bridgehead atoms. The summed E-state index contributed by atoms with van der Waals surface area (Å²) in [5.41, 5.74) is 11.3. The molecule has 6 aromatic carbocycles. The minimum Gasteiger partial charge on any atom is -0.341 e. The molecule has 6 aromatic rings. The Morgan fingerprint density at radius 2 is 0.535 bits per heavy atom. The van der Waals surface area contributed by atoms with Crippen LogP contribution in [-0.2, 0) is 15.9 Å². The molecule has 1 heterocycles. The SMILES string of the molecule is c1ccc(C2(c3ccccc3)OC(c3ccccc3)(c3ccccc3)C3=C2C2c4ccccc4C3c3ccccc32)cc1. The second-order valence-electron chi connectivity index (χ2n) is 11.9. The van der Waals surface area contributed by atoms with Crippen LogP contribution in [0.3, 0.4) is 0 Å². The monoisotopic (exact) mass is 550 g/mol. The lowest BCUT2D eigenvalue weighted by Gasteiger charge is -2.46. The van der Waals surface area contributed by atoms with E-state index >= 15 is 0 Å². The van der Waals surface area contributed by atoms with Gasteiger partial charge in [-0.2, -0.15) is 0 Å². The molecule has 0 saturated carbocycles. The predicted molar refractivity (Wildman–Crippen MR) is 172 cm³/mol. The van der Waals surface area contributed by atoms with E-state index in [-0.39, 0.29) is 11.8 Å². The number of benzene rings is 6. The first-order valence-electron chi connectivity index (χ1n) is 15.2. The molecular formula is C42H30O. The van der Waals surface area contributed by atoms with Crippen molar-refractivity contribution in [3.8, 4) is 0 Å². The predicted octanol–water partition coefficient (Wildman–Crippen LogP) is 9.49. The summed E-state index contributed by atoms with van der Waals surface area (Å²) in [6, 6.07) is 61.8. The van der Waals surface area contributed by atoms with Crippen LogP contribution in [0, 0.1) is 0 Å². The normalized spacial score (nSPS) is 20.3. The highest BCUT2D eigenvalue weighted by molar-refractivity contribution is 5.75. The van der Waals surface area contributed by atoms with E-state index in [4.69, 9.17) is 4.74 Å². The minimum atomic E-state index is -0.812. The molecule has 10 rings (SSSR count). The Morgan fingerprint density at radius 3 is 0.791 bits per heavy atom. The van der Waals surface area contributed by atoms with E-state index in [0.717, 1.165) is 22.3 Å². The van der Waals surface area contributed by atoms with Gasteiger partial charge in [0.2, 0.25) is 0 Å². The van der Waals surface area contributed by atoms with Crippen molar-refractivity contribution >= 4 is 0 Å². The summed E-state index contributed by atoms with van der Waals surface area (Å²) in [4.78, 5) is 0. The molecule has 43 heavy (non-hydrogen) atoms. The molecule has 1 aliphatic heterocycles. The van der Waals surface area contributed by atoms with E-state index in [1.165, 1.54) is 33.4 Å². The molecule has 4 aliphatic rings. The van der Waals surface area contributed by atoms with Crippen molar-refractivity contribution in [2.24, 2.45) is 0 Å². The fourth-order valence-corrected chi connectivity index (χ4v) is 8.35. The molecule has 0 radical (unpaired) electrons. The van der Waals surface area contributed by atoms with Crippen LogP contribution in [-0.4, -0.2) is 0 Å². The lowest BCUT2D eigenvalue weighted by molar-refractivity contribution is -0.0615. The van der Waals surface area contributed by atoms with Gasteiger partial charge in [-0.3, -0.25) is 0 Å². The molecule has 0 aromatic heterocycles. The van der Waals surface area contributed by atoms with Gasteiger partial charge in [-0.1, -0.05) is 170 Å². The van der Waals surface area contributed by atoms with Gasteiger partial charge in [0.15, 0.2) is 0 Å². The number of hydrogen-bond donors (Lipinski definition) is 0. The Kier molecular flexibility index (Phi) is 5.30. The molecule has 0 N–H and O–H groups in total. The zero-order valence-corrected chi connectivity index (χ0v) is 23.7. The molecule has 1 heteroatoms. The molecular weight excluding hydrogens is 520 g/mol. The van der Waals surface area contributed by atoms with Gasteiger partial charge in [-0.25, -0.2) is 0 Å². The van der Waals surface area contributed by atoms with Crippen molar-refractivity contribution in [1.29, 1.82) is 0 Å². The highest BCUT2D eigenvalue weighted by atomic mass is 16.5. The van der Waals surface area contributed by atoms with E-state index < -0.39 is 11.2 Å². The zero-order chi connectivity index (χ0) is 28.4. The Morgan fingerprint density at radius 1 is 0.302 bits per heavy atom. The van der Waals surface area contributed by atoms with Gasteiger partial charge in [0, 0.05) is 11.8 Å². The zero-order valence-electron chi connectivity index (χ0n) is 23.7. The maximum atomic E-state index is 8.10. The van der Waals surface area contributed by atoms with Crippen molar-refractivity contribution in [2.75, 3.05) is 0 Å². The smallest absolute Gasteiger partial charge is 0.143 e. The molecule has 0 atom stereocenters. The van der Waals surface area contributed by atoms with Crippen LogP contribution in [0.4, 0.5) is 0 Å². The van der Waals surface area contributed by atoms with Crippen LogP contribution >= 0.6 is 0 Å². The standard InChI is InChI=1S/C42H30O/c1-5-17-29(18-6-1)41(30-19-7-2-8-20-30)39-37-33-25-13-15-27-35(33)38(36-28-16-14-26-34(36)37)40(39)42(43-41,31-21-9-3-10-22-31)32-23-11-4-12-24-32/h1-28,37-38H. The van der Waals surface area contributed by atoms with E-state index in [2.05, 4.69) is 170 Å². The maximum Gasteiger partial charge on any atom is 0.143 e. The van der Waals surface area contributed by atoms with Crippen LogP contribution < -0.4 is 0 Å². The summed E-state index contributed by atoms with van der Waals surface area (Å²) >= 11 is 0. The molecule has 3 aliphatic carbocycles.